The number of hydrogen-bond acceptors (Lipinski definition) is 4. The van der Waals surface area contributed by atoms with Gasteiger partial charge in [-0.25, -0.2) is 8.42 Å². The number of piperidine rings is 1. The molecule has 1 aliphatic rings. The van der Waals surface area contributed by atoms with Crippen LogP contribution in [0, 0.1) is 5.92 Å². The summed E-state index contributed by atoms with van der Waals surface area (Å²) in [5.74, 6) is -0.101. The Hall–Kier alpha value is -1.60. The molecule has 0 aliphatic carbocycles. The van der Waals surface area contributed by atoms with Gasteiger partial charge < -0.3 is 10.5 Å². The number of ether oxygens (including phenoxy) is 1. The summed E-state index contributed by atoms with van der Waals surface area (Å²) in [5, 5.41) is 0. The van der Waals surface area contributed by atoms with Crippen molar-refractivity contribution in [1.29, 1.82) is 0 Å². The Balaban J connectivity index is 2.38. The zero-order valence-electron chi connectivity index (χ0n) is 12.2. The first-order valence-corrected chi connectivity index (χ1v) is 8.27. The number of methoxy groups -OCH3 is 1. The summed E-state index contributed by atoms with van der Waals surface area (Å²) in [6.45, 7) is 2.16. The van der Waals surface area contributed by atoms with Crippen LogP contribution in [0.2, 0.25) is 0 Å². The minimum Gasteiger partial charge on any atom is -0.497 e. The number of benzene rings is 1. The smallest absolute Gasteiger partial charge is 0.243 e. The van der Waals surface area contributed by atoms with Gasteiger partial charge in [-0.15, -0.1) is 0 Å². The van der Waals surface area contributed by atoms with Crippen LogP contribution in [0.25, 0.3) is 0 Å². The lowest BCUT2D eigenvalue weighted by Crippen LogP contribution is -2.54. The van der Waals surface area contributed by atoms with Crippen LogP contribution in [-0.2, 0) is 14.8 Å². The lowest BCUT2D eigenvalue weighted by molar-refractivity contribution is -0.124. The number of amides is 1. The second-order valence-corrected chi connectivity index (χ2v) is 7.15. The molecule has 6 nitrogen and oxygen atoms in total. The van der Waals surface area contributed by atoms with Crippen LogP contribution in [0.3, 0.4) is 0 Å². The zero-order valence-corrected chi connectivity index (χ0v) is 13.0. The molecule has 2 N–H and O–H groups in total. The molecule has 116 valence electrons. The highest BCUT2D eigenvalue weighted by Gasteiger charge is 2.40. The molecule has 0 aromatic heterocycles. The molecule has 21 heavy (non-hydrogen) atoms. The number of primary amides is 1. The first kappa shape index (κ1) is 15.8. The maximum absolute atomic E-state index is 12.7. The Morgan fingerprint density at radius 2 is 1.95 bits per heavy atom. The van der Waals surface area contributed by atoms with E-state index in [0.717, 1.165) is 12.8 Å². The van der Waals surface area contributed by atoms with Gasteiger partial charge in [-0.3, -0.25) is 4.79 Å². The molecular formula is C14H20N2O4S. The molecule has 2 rings (SSSR count). The average Bonchev–Trinajstić information content (AvgIpc) is 2.46. The van der Waals surface area contributed by atoms with E-state index in [9.17, 15) is 13.2 Å². The molecule has 0 unspecified atom stereocenters. The monoisotopic (exact) mass is 312 g/mol. The molecule has 7 heteroatoms. The highest BCUT2D eigenvalue weighted by atomic mass is 32.2. The second-order valence-electron chi connectivity index (χ2n) is 5.26. The third-order valence-electron chi connectivity index (χ3n) is 3.84. The fourth-order valence-electron chi connectivity index (χ4n) is 2.73. The largest absolute Gasteiger partial charge is 0.497 e. The molecule has 1 aromatic rings. The number of rotatable bonds is 4. The van der Waals surface area contributed by atoms with Gasteiger partial charge in [0.25, 0.3) is 0 Å². The molecular weight excluding hydrogens is 292 g/mol. The molecule has 0 bridgehead atoms. The number of carbonyl (C=O) groups is 1. The Morgan fingerprint density at radius 1 is 1.33 bits per heavy atom. The van der Waals surface area contributed by atoms with E-state index in [1.165, 1.54) is 23.5 Å². The fraction of sp³-hybridized carbons (Fsp3) is 0.500. The highest BCUT2D eigenvalue weighted by molar-refractivity contribution is 7.89. The molecule has 1 amide bonds. The fourth-order valence-corrected chi connectivity index (χ4v) is 4.46. The zero-order chi connectivity index (χ0) is 15.6. The predicted molar refractivity (Wildman–Crippen MR) is 78.3 cm³/mol. The summed E-state index contributed by atoms with van der Waals surface area (Å²) >= 11 is 0. The van der Waals surface area contributed by atoms with Gasteiger partial charge in [-0.1, -0.05) is 6.92 Å². The van der Waals surface area contributed by atoms with Gasteiger partial charge in [0.2, 0.25) is 15.9 Å². The van der Waals surface area contributed by atoms with Gasteiger partial charge >= 0.3 is 0 Å². The van der Waals surface area contributed by atoms with E-state index in [-0.39, 0.29) is 10.8 Å². The van der Waals surface area contributed by atoms with Crippen LogP contribution in [0.1, 0.15) is 19.8 Å². The van der Waals surface area contributed by atoms with E-state index < -0.39 is 22.0 Å². The first-order chi connectivity index (χ1) is 9.87. The van der Waals surface area contributed by atoms with Gasteiger partial charge in [0.15, 0.2) is 0 Å². The van der Waals surface area contributed by atoms with Crippen LogP contribution >= 0.6 is 0 Å². The van der Waals surface area contributed by atoms with Crippen LogP contribution in [0.4, 0.5) is 0 Å². The van der Waals surface area contributed by atoms with Crippen molar-refractivity contribution in [3.8, 4) is 5.75 Å². The van der Waals surface area contributed by atoms with Crippen LogP contribution in [-0.4, -0.2) is 38.3 Å². The molecule has 1 saturated heterocycles. The molecule has 1 aromatic carbocycles. The van der Waals surface area contributed by atoms with Crippen molar-refractivity contribution < 1.29 is 17.9 Å². The van der Waals surface area contributed by atoms with E-state index in [0.29, 0.717) is 12.3 Å². The molecule has 0 spiro atoms. The standard InChI is InChI=1S/C14H20N2O4S/c1-10-4-3-9-16(13(10)14(15)17)21(18,19)12-7-5-11(20-2)6-8-12/h5-8,10,13H,3-4,9H2,1-2H3,(H2,15,17)/t10-,13+/m0/s1. The molecule has 0 saturated carbocycles. The van der Waals surface area contributed by atoms with Gasteiger partial charge in [0.05, 0.1) is 12.0 Å². The number of nitrogens with two attached hydrogens (primary N) is 1. The van der Waals surface area contributed by atoms with E-state index in [1.807, 2.05) is 6.92 Å². The number of carbonyl (C=O) groups excluding carboxylic acids is 1. The molecule has 1 heterocycles. The van der Waals surface area contributed by atoms with Gasteiger partial charge in [-0.05, 0) is 43.0 Å². The van der Waals surface area contributed by atoms with Crippen LogP contribution in [0.5, 0.6) is 5.75 Å². The quantitative estimate of drug-likeness (QED) is 0.897. The Kier molecular flexibility index (Phi) is 4.53. The number of hydrogen-bond donors (Lipinski definition) is 1. The molecule has 0 radical (unpaired) electrons. The summed E-state index contributed by atoms with van der Waals surface area (Å²) in [6, 6.07) is 5.33. The van der Waals surface area contributed by atoms with Gasteiger partial charge in [-0.2, -0.15) is 4.31 Å². The van der Waals surface area contributed by atoms with E-state index in [4.69, 9.17) is 10.5 Å². The van der Waals surface area contributed by atoms with Crippen LogP contribution < -0.4 is 10.5 Å². The Bertz CT molecular complexity index is 612. The maximum atomic E-state index is 12.7. The SMILES string of the molecule is COc1ccc(S(=O)(=O)N2CCC[C@H](C)[C@@H]2C(N)=O)cc1. The van der Waals surface area contributed by atoms with Crippen molar-refractivity contribution in [2.75, 3.05) is 13.7 Å². The third-order valence-corrected chi connectivity index (χ3v) is 5.74. The van der Waals surface area contributed by atoms with Crippen molar-refractivity contribution in [3.63, 3.8) is 0 Å². The second kappa shape index (κ2) is 6.03. The lowest BCUT2D eigenvalue weighted by atomic mass is 9.92. The van der Waals surface area contributed by atoms with E-state index in [2.05, 4.69) is 0 Å². The average molecular weight is 312 g/mol. The summed E-state index contributed by atoms with van der Waals surface area (Å²) < 4.78 is 31.7. The Labute approximate surface area is 124 Å². The summed E-state index contributed by atoms with van der Waals surface area (Å²) in [5.41, 5.74) is 5.40. The van der Waals surface area contributed by atoms with Crippen molar-refractivity contribution in [3.05, 3.63) is 24.3 Å². The predicted octanol–water partition coefficient (Wildman–Crippen LogP) is 0.970. The van der Waals surface area contributed by atoms with Gasteiger partial charge in [0.1, 0.15) is 11.8 Å². The van der Waals surface area contributed by atoms with Crippen LogP contribution in [0.15, 0.2) is 29.2 Å². The Morgan fingerprint density at radius 3 is 2.48 bits per heavy atom. The maximum Gasteiger partial charge on any atom is 0.243 e. The highest BCUT2D eigenvalue weighted by Crippen LogP contribution is 2.29. The summed E-state index contributed by atoms with van der Waals surface area (Å²) in [4.78, 5) is 11.8. The minimum absolute atomic E-state index is 0.0794. The van der Waals surface area contributed by atoms with E-state index >= 15 is 0 Å². The van der Waals surface area contributed by atoms with Crippen molar-refractivity contribution in [2.45, 2.75) is 30.7 Å². The molecule has 2 atom stereocenters. The summed E-state index contributed by atoms with van der Waals surface area (Å²) in [7, 11) is -2.22. The number of sulfonamides is 1. The van der Waals surface area contributed by atoms with Crippen molar-refractivity contribution >= 4 is 15.9 Å². The molecule has 1 fully saturated rings. The minimum atomic E-state index is -3.74. The summed E-state index contributed by atoms with van der Waals surface area (Å²) in [6.07, 6.45) is 1.52. The van der Waals surface area contributed by atoms with E-state index in [1.54, 1.807) is 12.1 Å². The topological polar surface area (TPSA) is 89.7 Å². The third kappa shape index (κ3) is 3.03. The number of nitrogens with zero attached hydrogens (tertiary/aromatic N) is 1. The normalized spacial score (nSPS) is 23.7. The molecule has 1 aliphatic heterocycles. The van der Waals surface area contributed by atoms with Crippen molar-refractivity contribution in [1.82, 2.24) is 4.31 Å². The van der Waals surface area contributed by atoms with Gasteiger partial charge in [0, 0.05) is 6.54 Å². The first-order valence-electron chi connectivity index (χ1n) is 6.83. The van der Waals surface area contributed by atoms with Crippen molar-refractivity contribution in [2.24, 2.45) is 11.7 Å². The lowest BCUT2D eigenvalue weighted by Gasteiger charge is -2.36.